The highest BCUT2D eigenvalue weighted by Gasteiger charge is 2.43. The minimum Gasteiger partial charge on any atom is -0.456 e. The lowest BCUT2D eigenvalue weighted by atomic mass is 9.34. The van der Waals surface area contributed by atoms with Crippen LogP contribution in [0.3, 0.4) is 0 Å². The van der Waals surface area contributed by atoms with Crippen LogP contribution < -0.4 is 31.1 Å². The summed E-state index contributed by atoms with van der Waals surface area (Å²) in [7, 11) is 0. The van der Waals surface area contributed by atoms with Crippen molar-refractivity contribution in [2.24, 2.45) is 0 Å². The Morgan fingerprint density at radius 2 is 0.869 bits per heavy atom. The summed E-state index contributed by atoms with van der Waals surface area (Å²) in [6.07, 6.45) is 0. The Kier molecular flexibility index (Phi) is 14.1. The molecule has 99 heavy (non-hydrogen) atoms. The van der Waals surface area contributed by atoms with Gasteiger partial charge < -0.3 is 19.1 Å². The second-order valence-electron chi connectivity index (χ2n) is 25.3. The Morgan fingerprint density at radius 1 is 0.343 bits per heavy atom. The van der Waals surface area contributed by atoms with Crippen molar-refractivity contribution >= 4 is 139 Å². The van der Waals surface area contributed by atoms with Crippen LogP contribution in [0.5, 0.6) is 0 Å². The minimum absolute atomic E-state index is 0.172. The predicted molar refractivity (Wildman–Crippen MR) is 418 cm³/mol. The molecule has 19 rings (SSSR count). The molecule has 15 aromatic carbocycles. The van der Waals surface area contributed by atoms with E-state index in [-0.39, 0.29) is 6.71 Å². The molecule has 0 saturated carbocycles. The molecule has 2 aromatic heterocycles. The lowest BCUT2D eigenvalue weighted by Crippen LogP contribution is -2.60. The molecule has 4 heterocycles. The quantitative estimate of drug-likeness (QED) is 0.114. The summed E-state index contributed by atoms with van der Waals surface area (Å²) in [5.41, 5.74) is 26.8. The standard InChI is InChI=1S/C91H57BN4OS2/c93-58-59-41-44-68(45-42-59)95(67-33-17-6-18-34-67)69-46-49-78-80(56-69)96(90-72(61-25-9-2-10-26-61)37-21-38-73(90)62-27-11-3-12-28-62)81-53-64(55-86-89(81)92(78)79-50-47-70(57-85(79)98-86)94(65-29-13-4-14-30-65)66-31-15-5-16-32-66)63-43-48-76-83(54-63)97-82-51-52-84-88(87(76)82)77-40-22-39-75(91(77)99-84)74-36-20-19-35-71(74)60-23-7-1-8-24-60/h1-57H. The van der Waals surface area contributed by atoms with E-state index in [1.807, 2.05) is 35.2 Å². The van der Waals surface area contributed by atoms with E-state index in [1.54, 1.807) is 0 Å². The number of anilines is 9. The van der Waals surface area contributed by atoms with Gasteiger partial charge in [0.15, 0.2) is 0 Å². The largest absolute Gasteiger partial charge is 0.456 e. The number of hydrogen-bond acceptors (Lipinski definition) is 7. The van der Waals surface area contributed by atoms with Gasteiger partial charge in [0.2, 0.25) is 6.71 Å². The molecule has 17 aromatic rings. The fraction of sp³-hybridized carbons (Fsp3) is 0. The normalized spacial score (nSPS) is 12.2. The summed E-state index contributed by atoms with van der Waals surface area (Å²) in [6.45, 7) is -0.172. The van der Waals surface area contributed by atoms with Gasteiger partial charge in [-0.25, -0.2) is 0 Å². The molecule has 0 fully saturated rings. The lowest BCUT2D eigenvalue weighted by Gasteiger charge is -2.42. The van der Waals surface area contributed by atoms with Gasteiger partial charge in [-0.3, -0.25) is 0 Å². The zero-order valence-electron chi connectivity index (χ0n) is 53.5. The van der Waals surface area contributed by atoms with Gasteiger partial charge in [-0.05, 0) is 171 Å². The summed E-state index contributed by atoms with van der Waals surface area (Å²) < 4.78 is 9.63. The van der Waals surface area contributed by atoms with Crippen LogP contribution in [0.15, 0.2) is 360 Å². The Labute approximate surface area is 582 Å². The van der Waals surface area contributed by atoms with Crippen molar-refractivity contribution in [1.82, 2.24) is 0 Å². The summed E-state index contributed by atoms with van der Waals surface area (Å²) in [6, 6.07) is 128. The molecule has 0 radical (unpaired) electrons. The molecule has 0 bridgehead atoms. The van der Waals surface area contributed by atoms with Gasteiger partial charge in [0.05, 0.1) is 17.3 Å². The number of nitriles is 1. The molecule has 2 aliphatic heterocycles. The second kappa shape index (κ2) is 24.1. The molecule has 2 aliphatic rings. The third-order valence-electron chi connectivity index (χ3n) is 19.7. The van der Waals surface area contributed by atoms with Crippen LogP contribution in [-0.2, 0) is 0 Å². The van der Waals surface area contributed by atoms with Crippen LogP contribution in [0.1, 0.15) is 5.56 Å². The van der Waals surface area contributed by atoms with E-state index in [2.05, 4.69) is 354 Å². The third kappa shape index (κ3) is 9.84. The first-order valence-corrected chi connectivity index (χ1v) is 35.1. The highest BCUT2D eigenvalue weighted by molar-refractivity contribution is 8.00. The van der Waals surface area contributed by atoms with Crippen molar-refractivity contribution in [3.63, 3.8) is 0 Å². The monoisotopic (exact) mass is 1300 g/mol. The summed E-state index contributed by atoms with van der Waals surface area (Å²) in [5.74, 6) is 0. The van der Waals surface area contributed by atoms with Gasteiger partial charge in [0, 0.05) is 103 Å². The van der Waals surface area contributed by atoms with Crippen molar-refractivity contribution in [2.75, 3.05) is 14.7 Å². The van der Waals surface area contributed by atoms with E-state index in [0.29, 0.717) is 5.56 Å². The molecular weight excluding hydrogens is 1240 g/mol. The second-order valence-corrected chi connectivity index (χ2v) is 27.5. The molecule has 0 aliphatic carbocycles. The lowest BCUT2D eigenvalue weighted by molar-refractivity contribution is 0.669. The number of hydrogen-bond donors (Lipinski definition) is 0. The van der Waals surface area contributed by atoms with E-state index >= 15 is 0 Å². The Balaban J connectivity index is 0.860. The van der Waals surface area contributed by atoms with E-state index in [0.717, 1.165) is 107 Å². The first-order chi connectivity index (χ1) is 49.1. The SMILES string of the molecule is N#Cc1ccc(N(c2ccccc2)c2ccc3c(c2)N(c2c(-c4ccccc4)cccc2-c2ccccc2)c2cc(-c4ccc5c(c4)oc4ccc6sc7c(-c8ccccc8-c8ccccc8)cccc7c6c45)cc4c2B3c2ccc(N(c3ccccc3)c3ccccc3)cc2S4)cc1. The first-order valence-electron chi connectivity index (χ1n) is 33.5. The van der Waals surface area contributed by atoms with Crippen molar-refractivity contribution in [3.8, 4) is 61.7 Å². The van der Waals surface area contributed by atoms with Gasteiger partial charge in [-0.1, -0.05) is 242 Å². The van der Waals surface area contributed by atoms with Crippen LogP contribution in [-0.4, -0.2) is 6.71 Å². The van der Waals surface area contributed by atoms with Crippen molar-refractivity contribution in [3.05, 3.63) is 351 Å². The maximum Gasteiger partial charge on any atom is 0.249 e. The molecule has 0 amide bonds. The Hall–Kier alpha value is -12.4. The smallest absolute Gasteiger partial charge is 0.249 e. The van der Waals surface area contributed by atoms with E-state index in [4.69, 9.17) is 4.42 Å². The Bertz CT molecular complexity index is 5940. The first kappa shape index (κ1) is 58.0. The number of thiophene rings is 1. The number of benzene rings is 15. The van der Waals surface area contributed by atoms with Crippen molar-refractivity contribution < 1.29 is 4.42 Å². The van der Waals surface area contributed by atoms with Crippen LogP contribution >= 0.6 is 23.1 Å². The topological polar surface area (TPSA) is 46.7 Å². The maximum atomic E-state index is 10.1. The number of furan rings is 1. The highest BCUT2D eigenvalue weighted by atomic mass is 32.2. The zero-order chi connectivity index (χ0) is 65.5. The summed E-state index contributed by atoms with van der Waals surface area (Å²) in [5, 5.41) is 14.7. The van der Waals surface area contributed by atoms with Gasteiger partial charge >= 0.3 is 0 Å². The predicted octanol–water partition coefficient (Wildman–Crippen LogP) is 23.9. The molecule has 462 valence electrons. The highest BCUT2D eigenvalue weighted by Crippen LogP contribution is 2.53. The fourth-order valence-corrected chi connectivity index (χ4v) is 17.8. The Morgan fingerprint density at radius 3 is 1.49 bits per heavy atom. The van der Waals surface area contributed by atoms with Crippen LogP contribution in [0.25, 0.3) is 97.7 Å². The minimum atomic E-state index is -0.172. The van der Waals surface area contributed by atoms with E-state index in [9.17, 15) is 5.26 Å². The van der Waals surface area contributed by atoms with Crippen LogP contribution in [0.4, 0.5) is 51.2 Å². The molecular formula is C91H57BN4OS2. The average molecular weight is 1300 g/mol. The maximum absolute atomic E-state index is 10.1. The third-order valence-corrected chi connectivity index (χ3v) is 22.1. The molecule has 8 heteroatoms. The zero-order valence-corrected chi connectivity index (χ0v) is 55.1. The van der Waals surface area contributed by atoms with E-state index in [1.165, 1.54) is 68.6 Å². The number of fused-ring (bicyclic) bond motifs is 11. The molecule has 0 spiro atoms. The number of nitrogens with zero attached hydrogens (tertiary/aromatic N) is 4. The van der Waals surface area contributed by atoms with Crippen molar-refractivity contribution in [1.29, 1.82) is 5.26 Å². The van der Waals surface area contributed by atoms with Gasteiger partial charge in [0.25, 0.3) is 0 Å². The number of para-hydroxylation sites is 4. The van der Waals surface area contributed by atoms with Gasteiger partial charge in [-0.15, -0.1) is 11.3 Å². The van der Waals surface area contributed by atoms with Crippen LogP contribution in [0, 0.1) is 11.3 Å². The van der Waals surface area contributed by atoms with E-state index < -0.39 is 0 Å². The van der Waals surface area contributed by atoms with Gasteiger partial charge in [-0.2, -0.15) is 5.26 Å². The van der Waals surface area contributed by atoms with Crippen LogP contribution in [0.2, 0.25) is 0 Å². The summed E-state index contributed by atoms with van der Waals surface area (Å²) >= 11 is 3.72. The molecule has 5 nitrogen and oxygen atoms in total. The fourth-order valence-electron chi connectivity index (χ4n) is 15.3. The number of rotatable bonds is 12. The molecule has 0 unspecified atom stereocenters. The van der Waals surface area contributed by atoms with Gasteiger partial charge in [0.1, 0.15) is 11.2 Å². The average Bonchev–Trinajstić information content (AvgIpc) is 0.801. The molecule has 0 N–H and O–H groups in total. The molecule has 0 atom stereocenters. The molecule has 0 saturated heterocycles. The van der Waals surface area contributed by atoms with Crippen molar-refractivity contribution in [2.45, 2.75) is 9.79 Å². The summed E-state index contributed by atoms with van der Waals surface area (Å²) in [4.78, 5) is 9.66.